The first kappa shape index (κ1) is 18.5. The first-order valence-electron chi connectivity index (χ1n) is 8.21. The fourth-order valence-corrected chi connectivity index (χ4v) is 3.46. The van der Waals surface area contributed by atoms with Gasteiger partial charge in [-0.15, -0.1) is 12.4 Å². The molecule has 1 N–H and O–H groups in total. The molecule has 1 aliphatic rings. The quantitative estimate of drug-likeness (QED) is 0.858. The average molecular weight is 346 g/mol. The first-order valence-corrected chi connectivity index (χ1v) is 8.21. The number of benzene rings is 2. The Labute approximate surface area is 149 Å². The van der Waals surface area contributed by atoms with Crippen LogP contribution in [-0.2, 0) is 21.6 Å². The van der Waals surface area contributed by atoms with Crippen LogP contribution in [-0.4, -0.2) is 19.1 Å². The molecular formula is C20H24ClNO2. The minimum atomic E-state index is -0.554. The number of carbonyl (C=O) groups is 1. The lowest BCUT2D eigenvalue weighted by Gasteiger charge is -2.41. The molecule has 0 aromatic heterocycles. The lowest BCUT2D eigenvalue weighted by Crippen LogP contribution is -2.52. The molecule has 128 valence electrons. The summed E-state index contributed by atoms with van der Waals surface area (Å²) in [6.07, 6.45) is 0.770. The Balaban J connectivity index is 0.00000208. The molecule has 2 atom stereocenters. The van der Waals surface area contributed by atoms with Crippen LogP contribution in [0.5, 0.6) is 0 Å². The molecule has 4 heteroatoms. The highest BCUT2D eigenvalue weighted by atomic mass is 35.5. The van der Waals surface area contributed by atoms with Crippen molar-refractivity contribution in [3.05, 3.63) is 71.8 Å². The molecule has 2 aromatic rings. The lowest BCUT2D eigenvalue weighted by atomic mass is 9.67. The third-order valence-electron chi connectivity index (χ3n) is 4.85. The Bertz CT molecular complexity index is 647. The number of hydrogen-bond donors (Lipinski definition) is 1. The van der Waals surface area contributed by atoms with E-state index in [1.54, 1.807) is 0 Å². The van der Waals surface area contributed by atoms with Crippen molar-refractivity contribution in [2.75, 3.05) is 13.1 Å². The van der Waals surface area contributed by atoms with E-state index in [2.05, 4.69) is 12.2 Å². The highest BCUT2D eigenvalue weighted by Crippen LogP contribution is 2.39. The van der Waals surface area contributed by atoms with Crippen molar-refractivity contribution in [2.24, 2.45) is 5.92 Å². The highest BCUT2D eigenvalue weighted by Gasteiger charge is 2.47. The second-order valence-corrected chi connectivity index (χ2v) is 6.25. The minimum Gasteiger partial charge on any atom is -0.460 e. The topological polar surface area (TPSA) is 38.3 Å². The number of ether oxygens (including phenoxy) is 1. The molecular weight excluding hydrogens is 322 g/mol. The molecule has 0 radical (unpaired) electrons. The molecule has 1 aliphatic heterocycles. The molecule has 0 unspecified atom stereocenters. The number of piperidine rings is 1. The van der Waals surface area contributed by atoms with Crippen molar-refractivity contribution in [3.63, 3.8) is 0 Å². The second kappa shape index (κ2) is 8.32. The molecule has 1 fully saturated rings. The van der Waals surface area contributed by atoms with Crippen LogP contribution in [0.1, 0.15) is 24.5 Å². The molecule has 1 saturated heterocycles. The van der Waals surface area contributed by atoms with E-state index in [-0.39, 0.29) is 24.3 Å². The maximum atomic E-state index is 13.1. The smallest absolute Gasteiger partial charge is 0.317 e. The number of hydrogen-bond acceptors (Lipinski definition) is 3. The largest absolute Gasteiger partial charge is 0.460 e. The first-order chi connectivity index (χ1) is 11.2. The van der Waals surface area contributed by atoms with Gasteiger partial charge in [-0.1, -0.05) is 67.6 Å². The van der Waals surface area contributed by atoms with Gasteiger partial charge >= 0.3 is 5.97 Å². The van der Waals surface area contributed by atoms with Crippen molar-refractivity contribution in [3.8, 4) is 0 Å². The second-order valence-electron chi connectivity index (χ2n) is 6.25. The molecule has 3 nitrogen and oxygen atoms in total. The summed E-state index contributed by atoms with van der Waals surface area (Å²) < 4.78 is 5.73. The molecule has 0 amide bonds. The van der Waals surface area contributed by atoms with Crippen molar-refractivity contribution in [1.82, 2.24) is 5.32 Å². The zero-order chi connectivity index (χ0) is 16.1. The summed E-state index contributed by atoms with van der Waals surface area (Å²) >= 11 is 0. The van der Waals surface area contributed by atoms with Crippen molar-refractivity contribution < 1.29 is 9.53 Å². The Hall–Kier alpha value is -1.84. The Morgan fingerprint density at radius 2 is 1.75 bits per heavy atom. The normalized spacial score (nSPS) is 23.1. The highest BCUT2D eigenvalue weighted by molar-refractivity contribution is 5.85. The summed E-state index contributed by atoms with van der Waals surface area (Å²) in [5.74, 6) is 0.0866. The van der Waals surface area contributed by atoms with Crippen LogP contribution in [0, 0.1) is 5.92 Å². The van der Waals surface area contributed by atoms with Crippen LogP contribution in [0.3, 0.4) is 0 Å². The van der Waals surface area contributed by atoms with Gasteiger partial charge in [0, 0.05) is 0 Å². The molecule has 2 aromatic carbocycles. The van der Waals surface area contributed by atoms with Crippen molar-refractivity contribution in [1.29, 1.82) is 0 Å². The van der Waals surface area contributed by atoms with Gasteiger partial charge in [0.05, 0.1) is 5.41 Å². The van der Waals surface area contributed by atoms with E-state index in [9.17, 15) is 4.79 Å². The van der Waals surface area contributed by atoms with Crippen LogP contribution < -0.4 is 5.32 Å². The molecule has 0 aliphatic carbocycles. The van der Waals surface area contributed by atoms with Crippen LogP contribution in [0.4, 0.5) is 0 Å². The Kier molecular flexibility index (Phi) is 6.41. The van der Waals surface area contributed by atoms with Gasteiger partial charge in [0.1, 0.15) is 6.61 Å². The van der Waals surface area contributed by atoms with Gasteiger partial charge in [-0.3, -0.25) is 4.79 Å². The third-order valence-corrected chi connectivity index (χ3v) is 4.85. The summed E-state index contributed by atoms with van der Waals surface area (Å²) in [4.78, 5) is 13.1. The van der Waals surface area contributed by atoms with Gasteiger partial charge in [-0.2, -0.15) is 0 Å². The van der Waals surface area contributed by atoms with E-state index < -0.39 is 5.41 Å². The van der Waals surface area contributed by atoms with Gasteiger partial charge in [-0.25, -0.2) is 0 Å². The minimum absolute atomic E-state index is 0. The van der Waals surface area contributed by atoms with Crippen molar-refractivity contribution >= 4 is 18.4 Å². The summed E-state index contributed by atoms with van der Waals surface area (Å²) in [6, 6.07) is 19.9. The molecule has 0 saturated carbocycles. The molecule has 24 heavy (non-hydrogen) atoms. The number of carbonyl (C=O) groups excluding carboxylic acids is 1. The average Bonchev–Trinajstić information content (AvgIpc) is 2.62. The number of halogens is 1. The molecule has 0 bridgehead atoms. The molecule has 3 rings (SSSR count). The summed E-state index contributed by atoms with van der Waals surface area (Å²) in [7, 11) is 0. The predicted octanol–water partition coefficient (Wildman–Crippen LogP) is 3.72. The van der Waals surface area contributed by atoms with Crippen molar-refractivity contribution in [2.45, 2.75) is 25.4 Å². The summed E-state index contributed by atoms with van der Waals surface area (Å²) in [6.45, 7) is 4.12. The Morgan fingerprint density at radius 3 is 2.38 bits per heavy atom. The van der Waals surface area contributed by atoms with Crippen LogP contribution in [0.2, 0.25) is 0 Å². The van der Waals surface area contributed by atoms with Gasteiger partial charge in [0.15, 0.2) is 0 Å². The van der Waals surface area contributed by atoms with Gasteiger partial charge in [-0.05, 0) is 36.6 Å². The molecule has 1 heterocycles. The SMILES string of the molecule is C[C@@H]1CNCC[C@@]1(C(=O)OCc1ccccc1)c1ccccc1.Cl. The van der Waals surface area contributed by atoms with E-state index in [0.29, 0.717) is 6.61 Å². The predicted molar refractivity (Wildman–Crippen MR) is 98.3 cm³/mol. The maximum Gasteiger partial charge on any atom is 0.317 e. The van der Waals surface area contributed by atoms with Crippen LogP contribution in [0.25, 0.3) is 0 Å². The third kappa shape index (κ3) is 3.63. The number of nitrogens with one attached hydrogen (secondary N) is 1. The number of esters is 1. The summed E-state index contributed by atoms with van der Waals surface area (Å²) in [5.41, 5.74) is 1.53. The number of rotatable bonds is 4. The lowest BCUT2D eigenvalue weighted by molar-refractivity contribution is -0.155. The van der Waals surface area contributed by atoms with E-state index in [1.807, 2.05) is 60.7 Å². The monoisotopic (exact) mass is 345 g/mol. The van der Waals surface area contributed by atoms with Gasteiger partial charge in [0.25, 0.3) is 0 Å². The zero-order valence-electron chi connectivity index (χ0n) is 13.9. The van der Waals surface area contributed by atoms with Gasteiger partial charge in [0.2, 0.25) is 0 Å². The zero-order valence-corrected chi connectivity index (χ0v) is 14.7. The Morgan fingerprint density at radius 1 is 1.12 bits per heavy atom. The van der Waals surface area contributed by atoms with E-state index in [0.717, 1.165) is 30.6 Å². The summed E-state index contributed by atoms with van der Waals surface area (Å²) in [5, 5.41) is 3.38. The fourth-order valence-electron chi connectivity index (χ4n) is 3.46. The standard InChI is InChI=1S/C20H23NO2.ClH/c1-16-14-21-13-12-20(16,18-10-6-3-7-11-18)19(22)23-15-17-8-4-2-5-9-17;/h2-11,16,21H,12-15H2,1H3;1H/t16-,20+;/m1./s1. The fraction of sp³-hybridized carbons (Fsp3) is 0.350. The van der Waals surface area contributed by atoms with Gasteiger partial charge < -0.3 is 10.1 Å². The van der Waals surface area contributed by atoms with Crippen LogP contribution in [0.15, 0.2) is 60.7 Å². The van der Waals surface area contributed by atoms with Crippen LogP contribution >= 0.6 is 12.4 Å². The maximum absolute atomic E-state index is 13.1. The molecule has 0 spiro atoms. The van der Waals surface area contributed by atoms with E-state index in [1.165, 1.54) is 0 Å². The van der Waals surface area contributed by atoms with E-state index in [4.69, 9.17) is 4.74 Å². The van der Waals surface area contributed by atoms with E-state index >= 15 is 0 Å².